The van der Waals surface area contributed by atoms with Gasteiger partial charge in [0.1, 0.15) is 0 Å². The van der Waals surface area contributed by atoms with Gasteiger partial charge in [0, 0.05) is 13.1 Å². The number of benzene rings is 1. The standard InChI is InChI=1S/C15H23N3O2S/c1-5-18(10-6-9-17(3)4)21(19,20)15-11-14(12-16)8-7-13(15)2/h7-8,11H,5-6,9-10H2,1-4H3. The molecule has 0 aromatic heterocycles. The van der Waals surface area contributed by atoms with Crippen molar-refractivity contribution in [3.8, 4) is 6.07 Å². The predicted molar refractivity (Wildman–Crippen MR) is 83.5 cm³/mol. The smallest absolute Gasteiger partial charge is 0.243 e. The maximum atomic E-state index is 12.7. The summed E-state index contributed by atoms with van der Waals surface area (Å²) in [5.74, 6) is 0. The number of nitriles is 1. The van der Waals surface area contributed by atoms with Crippen molar-refractivity contribution < 1.29 is 8.42 Å². The third-order valence-corrected chi connectivity index (χ3v) is 5.42. The lowest BCUT2D eigenvalue weighted by molar-refractivity contribution is 0.356. The number of rotatable bonds is 7. The minimum absolute atomic E-state index is 0.230. The molecule has 0 N–H and O–H groups in total. The second-order valence-corrected chi connectivity index (χ2v) is 7.15. The van der Waals surface area contributed by atoms with Crippen LogP contribution in [0.25, 0.3) is 0 Å². The zero-order chi connectivity index (χ0) is 16.0. The highest BCUT2D eigenvalue weighted by Gasteiger charge is 2.24. The molecule has 5 nitrogen and oxygen atoms in total. The third-order valence-electron chi connectivity index (χ3n) is 3.30. The molecule has 0 aliphatic heterocycles. The molecule has 0 radical (unpaired) electrons. The molecule has 21 heavy (non-hydrogen) atoms. The van der Waals surface area contributed by atoms with E-state index >= 15 is 0 Å². The summed E-state index contributed by atoms with van der Waals surface area (Å²) in [5.41, 5.74) is 1.03. The van der Waals surface area contributed by atoms with E-state index in [4.69, 9.17) is 5.26 Å². The second kappa shape index (κ2) is 7.55. The van der Waals surface area contributed by atoms with Gasteiger partial charge in [-0.1, -0.05) is 13.0 Å². The number of hydrogen-bond donors (Lipinski definition) is 0. The van der Waals surface area contributed by atoms with Crippen LogP contribution in [0.3, 0.4) is 0 Å². The Bertz CT molecular complexity index is 618. The van der Waals surface area contributed by atoms with Crippen LogP contribution in [0.2, 0.25) is 0 Å². The van der Waals surface area contributed by atoms with Crippen LogP contribution >= 0.6 is 0 Å². The quantitative estimate of drug-likeness (QED) is 0.771. The molecule has 0 aliphatic rings. The van der Waals surface area contributed by atoms with Gasteiger partial charge in [0.15, 0.2) is 0 Å². The number of hydrogen-bond acceptors (Lipinski definition) is 4. The molecule has 6 heteroatoms. The SMILES string of the molecule is CCN(CCCN(C)C)S(=O)(=O)c1cc(C#N)ccc1C. The molecule has 0 fully saturated rings. The molecule has 116 valence electrons. The maximum Gasteiger partial charge on any atom is 0.243 e. The molecule has 0 saturated heterocycles. The van der Waals surface area contributed by atoms with Crippen LogP contribution < -0.4 is 0 Å². The summed E-state index contributed by atoms with van der Waals surface area (Å²) in [7, 11) is 0.379. The molecule has 1 rings (SSSR count). The van der Waals surface area contributed by atoms with Crippen molar-refractivity contribution in [1.82, 2.24) is 9.21 Å². The fourth-order valence-corrected chi connectivity index (χ4v) is 3.84. The Morgan fingerprint density at radius 3 is 2.43 bits per heavy atom. The Balaban J connectivity index is 3.05. The van der Waals surface area contributed by atoms with E-state index in [0.29, 0.717) is 24.2 Å². The van der Waals surface area contributed by atoms with Crippen LogP contribution in [-0.2, 0) is 10.0 Å². The number of nitrogens with zero attached hydrogens (tertiary/aromatic N) is 3. The van der Waals surface area contributed by atoms with Crippen molar-refractivity contribution >= 4 is 10.0 Å². The molecule has 0 spiro atoms. The van der Waals surface area contributed by atoms with Gasteiger partial charge in [-0.15, -0.1) is 0 Å². The van der Waals surface area contributed by atoms with Crippen LogP contribution in [0.5, 0.6) is 0 Å². The molecular weight excluding hydrogens is 286 g/mol. The first-order valence-electron chi connectivity index (χ1n) is 6.98. The Hall–Kier alpha value is -1.42. The Morgan fingerprint density at radius 1 is 1.24 bits per heavy atom. The number of aryl methyl sites for hydroxylation is 1. The van der Waals surface area contributed by atoms with Gasteiger partial charge in [-0.25, -0.2) is 8.42 Å². The van der Waals surface area contributed by atoms with Gasteiger partial charge in [-0.3, -0.25) is 0 Å². The van der Waals surface area contributed by atoms with Gasteiger partial charge < -0.3 is 4.90 Å². The van der Waals surface area contributed by atoms with E-state index in [9.17, 15) is 8.42 Å². The first-order chi connectivity index (χ1) is 9.82. The van der Waals surface area contributed by atoms with E-state index in [1.54, 1.807) is 19.1 Å². The average Bonchev–Trinajstić information content (AvgIpc) is 2.43. The number of sulfonamides is 1. The summed E-state index contributed by atoms with van der Waals surface area (Å²) in [6.07, 6.45) is 0.775. The average molecular weight is 309 g/mol. The van der Waals surface area contributed by atoms with Crippen LogP contribution in [0.15, 0.2) is 23.1 Å². The van der Waals surface area contributed by atoms with Gasteiger partial charge in [0.25, 0.3) is 0 Å². The van der Waals surface area contributed by atoms with E-state index in [-0.39, 0.29) is 4.90 Å². The highest BCUT2D eigenvalue weighted by atomic mass is 32.2. The first-order valence-corrected chi connectivity index (χ1v) is 8.42. The van der Waals surface area contributed by atoms with E-state index in [2.05, 4.69) is 0 Å². The lowest BCUT2D eigenvalue weighted by Gasteiger charge is -2.22. The van der Waals surface area contributed by atoms with Crippen LogP contribution in [-0.4, -0.2) is 51.4 Å². The van der Waals surface area contributed by atoms with Crippen molar-refractivity contribution in [1.29, 1.82) is 5.26 Å². The Labute approximate surface area is 127 Å². The lowest BCUT2D eigenvalue weighted by Crippen LogP contribution is -2.33. The molecule has 0 heterocycles. The molecule has 0 amide bonds. The monoisotopic (exact) mass is 309 g/mol. The maximum absolute atomic E-state index is 12.7. The Kier molecular flexibility index (Phi) is 6.34. The summed E-state index contributed by atoms with van der Waals surface area (Å²) in [5, 5.41) is 8.95. The summed E-state index contributed by atoms with van der Waals surface area (Å²) in [4.78, 5) is 2.26. The van der Waals surface area contributed by atoms with Crippen molar-refractivity contribution in [2.45, 2.75) is 25.2 Å². The normalized spacial score (nSPS) is 11.9. The van der Waals surface area contributed by atoms with Crippen molar-refractivity contribution in [3.63, 3.8) is 0 Å². The molecule has 1 aromatic carbocycles. The highest BCUT2D eigenvalue weighted by molar-refractivity contribution is 7.89. The predicted octanol–water partition coefficient (Wildman–Crippen LogP) is 1.83. The first kappa shape index (κ1) is 17.6. The van der Waals surface area contributed by atoms with Crippen molar-refractivity contribution in [3.05, 3.63) is 29.3 Å². The van der Waals surface area contributed by atoms with Gasteiger partial charge in [0.2, 0.25) is 10.0 Å². The summed E-state index contributed by atoms with van der Waals surface area (Å²) in [6, 6.07) is 6.76. The van der Waals surface area contributed by atoms with Crippen LogP contribution in [0.1, 0.15) is 24.5 Å². The summed E-state index contributed by atoms with van der Waals surface area (Å²) in [6.45, 7) is 5.32. The van der Waals surface area contributed by atoms with Gasteiger partial charge in [-0.2, -0.15) is 9.57 Å². The minimum atomic E-state index is -3.55. The molecule has 0 aliphatic carbocycles. The minimum Gasteiger partial charge on any atom is -0.309 e. The third kappa shape index (κ3) is 4.53. The fraction of sp³-hybridized carbons (Fsp3) is 0.533. The van der Waals surface area contributed by atoms with E-state index in [1.165, 1.54) is 10.4 Å². The van der Waals surface area contributed by atoms with Gasteiger partial charge in [0.05, 0.1) is 16.5 Å². The Morgan fingerprint density at radius 2 is 1.90 bits per heavy atom. The van der Waals surface area contributed by atoms with E-state index in [1.807, 2.05) is 32.0 Å². The molecule has 0 atom stereocenters. The topological polar surface area (TPSA) is 64.4 Å². The van der Waals surface area contributed by atoms with Gasteiger partial charge >= 0.3 is 0 Å². The zero-order valence-electron chi connectivity index (χ0n) is 13.1. The van der Waals surface area contributed by atoms with E-state index < -0.39 is 10.0 Å². The summed E-state index contributed by atoms with van der Waals surface area (Å²) < 4.78 is 26.9. The van der Waals surface area contributed by atoms with E-state index in [0.717, 1.165) is 13.0 Å². The van der Waals surface area contributed by atoms with Crippen LogP contribution in [0.4, 0.5) is 0 Å². The lowest BCUT2D eigenvalue weighted by atomic mass is 10.2. The molecular formula is C15H23N3O2S. The zero-order valence-corrected chi connectivity index (χ0v) is 13.9. The van der Waals surface area contributed by atoms with Crippen molar-refractivity contribution in [2.75, 3.05) is 33.7 Å². The highest BCUT2D eigenvalue weighted by Crippen LogP contribution is 2.21. The van der Waals surface area contributed by atoms with Crippen LogP contribution in [0, 0.1) is 18.3 Å². The molecule has 0 unspecified atom stereocenters. The van der Waals surface area contributed by atoms with Crippen molar-refractivity contribution in [2.24, 2.45) is 0 Å². The molecule has 0 bridgehead atoms. The second-order valence-electron chi connectivity index (χ2n) is 5.25. The molecule has 1 aromatic rings. The summed E-state index contributed by atoms with van der Waals surface area (Å²) >= 11 is 0. The van der Waals surface area contributed by atoms with Gasteiger partial charge in [-0.05, 0) is 51.7 Å². The molecule has 0 saturated carbocycles. The fourth-order valence-electron chi connectivity index (χ4n) is 2.10. The largest absolute Gasteiger partial charge is 0.309 e.